The molecule has 0 heterocycles. The van der Waals surface area contributed by atoms with E-state index < -0.39 is 11.9 Å². The summed E-state index contributed by atoms with van der Waals surface area (Å²) < 4.78 is 0. The lowest BCUT2D eigenvalue weighted by atomic mass is 9.87. The fourth-order valence-corrected chi connectivity index (χ4v) is 1.59. The van der Waals surface area contributed by atoms with Crippen molar-refractivity contribution in [2.75, 3.05) is 0 Å². The molecule has 0 unspecified atom stereocenters. The molecule has 19 heavy (non-hydrogen) atoms. The minimum absolute atomic E-state index is 0.0511. The van der Waals surface area contributed by atoms with E-state index in [2.05, 4.69) is 26.1 Å². The van der Waals surface area contributed by atoms with E-state index in [4.69, 9.17) is 5.11 Å². The van der Waals surface area contributed by atoms with Crippen LogP contribution in [0.4, 0.5) is 0 Å². The van der Waals surface area contributed by atoms with Crippen LogP contribution in [-0.4, -0.2) is 17.0 Å². The van der Waals surface area contributed by atoms with Crippen LogP contribution < -0.4 is 5.32 Å². The maximum absolute atomic E-state index is 11.0. The largest absolute Gasteiger partial charge is 0.477 e. The molecule has 0 saturated carbocycles. The normalized spacial score (nSPS) is 12.1. The van der Waals surface area contributed by atoms with Crippen molar-refractivity contribution < 1.29 is 14.7 Å². The first-order valence-corrected chi connectivity index (χ1v) is 6.03. The van der Waals surface area contributed by atoms with Crippen molar-refractivity contribution >= 4 is 18.0 Å². The molecule has 0 radical (unpaired) electrons. The molecule has 0 fully saturated rings. The smallest absolute Gasteiger partial charge is 0.352 e. The molecular weight excluding hydrogens is 242 g/mol. The Labute approximate surface area is 113 Å². The van der Waals surface area contributed by atoms with E-state index in [1.807, 2.05) is 24.3 Å². The van der Waals surface area contributed by atoms with E-state index in [1.54, 1.807) is 0 Å². The molecule has 0 aliphatic carbocycles. The predicted octanol–water partition coefficient (Wildman–Crippen LogP) is 2.55. The minimum atomic E-state index is -1.16. The molecule has 1 amide bonds. The highest BCUT2D eigenvalue weighted by molar-refractivity contribution is 5.96. The summed E-state index contributed by atoms with van der Waals surface area (Å²) >= 11 is 0. The van der Waals surface area contributed by atoms with Crippen LogP contribution in [-0.2, 0) is 15.0 Å². The minimum Gasteiger partial charge on any atom is -0.477 e. The number of hydrogen-bond acceptors (Lipinski definition) is 2. The van der Waals surface area contributed by atoms with Crippen LogP contribution in [0.5, 0.6) is 0 Å². The Kier molecular flexibility index (Phi) is 4.48. The van der Waals surface area contributed by atoms with Crippen molar-refractivity contribution in [2.45, 2.75) is 33.1 Å². The summed E-state index contributed by atoms with van der Waals surface area (Å²) in [5.41, 5.74) is 1.83. The molecule has 0 aliphatic heterocycles. The average molecular weight is 261 g/mol. The molecule has 1 aromatic rings. The highest BCUT2D eigenvalue weighted by Crippen LogP contribution is 2.22. The van der Waals surface area contributed by atoms with Crippen LogP contribution in [0.15, 0.2) is 30.0 Å². The van der Waals surface area contributed by atoms with Gasteiger partial charge in [0.15, 0.2) is 0 Å². The number of carbonyl (C=O) groups excluding carboxylic acids is 1. The molecule has 0 spiro atoms. The van der Waals surface area contributed by atoms with E-state index >= 15 is 0 Å². The maximum Gasteiger partial charge on any atom is 0.352 e. The molecule has 0 saturated heterocycles. The zero-order valence-electron chi connectivity index (χ0n) is 11.7. The first-order valence-electron chi connectivity index (χ1n) is 6.03. The Morgan fingerprint density at radius 3 is 2.05 bits per heavy atom. The van der Waals surface area contributed by atoms with Gasteiger partial charge < -0.3 is 10.4 Å². The van der Waals surface area contributed by atoms with Crippen molar-refractivity contribution in [3.8, 4) is 0 Å². The second kappa shape index (κ2) is 5.69. The molecule has 0 bridgehead atoms. The Morgan fingerprint density at radius 2 is 1.68 bits per heavy atom. The lowest BCUT2D eigenvalue weighted by Gasteiger charge is -2.18. The van der Waals surface area contributed by atoms with Crippen molar-refractivity contribution in [2.24, 2.45) is 0 Å². The number of rotatable bonds is 3. The van der Waals surface area contributed by atoms with E-state index in [1.165, 1.54) is 18.6 Å². The molecule has 0 aliphatic rings. The standard InChI is InChI=1S/C15H19NO3/c1-10(17)16-13(14(18)19)9-11-5-7-12(8-6-11)15(2,3)4/h5-9H,1-4H3,(H,16,17)(H,18,19). The monoisotopic (exact) mass is 261 g/mol. The SMILES string of the molecule is CC(=O)NC(=Cc1ccc(C(C)(C)C)cc1)C(=O)O. The van der Waals surface area contributed by atoms with E-state index in [-0.39, 0.29) is 11.1 Å². The number of carboxylic acids is 1. The van der Waals surface area contributed by atoms with Crippen molar-refractivity contribution in [3.63, 3.8) is 0 Å². The third kappa shape index (κ3) is 4.58. The molecule has 2 N–H and O–H groups in total. The molecule has 1 aromatic carbocycles. The summed E-state index contributed by atoms with van der Waals surface area (Å²) in [5.74, 6) is -1.56. The van der Waals surface area contributed by atoms with E-state index in [0.29, 0.717) is 0 Å². The molecule has 4 nitrogen and oxygen atoms in total. The van der Waals surface area contributed by atoms with Crippen LogP contribution in [0.2, 0.25) is 0 Å². The number of benzene rings is 1. The Morgan fingerprint density at radius 1 is 1.16 bits per heavy atom. The van der Waals surface area contributed by atoms with Crippen LogP contribution in [0.25, 0.3) is 6.08 Å². The van der Waals surface area contributed by atoms with Gasteiger partial charge in [0, 0.05) is 6.92 Å². The van der Waals surface area contributed by atoms with Gasteiger partial charge in [0.25, 0.3) is 0 Å². The zero-order valence-corrected chi connectivity index (χ0v) is 11.7. The Bertz CT molecular complexity index is 507. The van der Waals surface area contributed by atoms with Crippen LogP contribution in [0.1, 0.15) is 38.8 Å². The number of nitrogens with one attached hydrogen (secondary N) is 1. The van der Waals surface area contributed by atoms with Gasteiger partial charge in [-0.25, -0.2) is 4.79 Å². The number of amides is 1. The summed E-state index contributed by atoms with van der Waals surface area (Å²) in [7, 11) is 0. The number of carbonyl (C=O) groups is 2. The second-order valence-electron chi connectivity index (χ2n) is 5.42. The Balaban J connectivity index is 3.03. The summed E-state index contributed by atoms with van der Waals surface area (Å²) in [4.78, 5) is 21.9. The van der Waals surface area contributed by atoms with Crippen molar-refractivity contribution in [1.29, 1.82) is 0 Å². The molecule has 0 atom stereocenters. The fourth-order valence-electron chi connectivity index (χ4n) is 1.59. The molecular formula is C15H19NO3. The van der Waals surface area contributed by atoms with Gasteiger partial charge in [-0.2, -0.15) is 0 Å². The highest BCUT2D eigenvalue weighted by atomic mass is 16.4. The van der Waals surface area contributed by atoms with Gasteiger partial charge in [-0.05, 0) is 22.6 Å². The van der Waals surface area contributed by atoms with E-state index in [0.717, 1.165) is 5.56 Å². The lowest BCUT2D eigenvalue weighted by Crippen LogP contribution is -2.24. The maximum atomic E-state index is 11.0. The quantitative estimate of drug-likeness (QED) is 0.822. The average Bonchev–Trinajstić information content (AvgIpc) is 2.27. The predicted molar refractivity (Wildman–Crippen MR) is 74.6 cm³/mol. The van der Waals surface area contributed by atoms with Gasteiger partial charge in [0.1, 0.15) is 5.70 Å². The van der Waals surface area contributed by atoms with Crippen molar-refractivity contribution in [1.82, 2.24) is 5.32 Å². The summed E-state index contributed by atoms with van der Waals surface area (Å²) in [6.07, 6.45) is 1.44. The second-order valence-corrected chi connectivity index (χ2v) is 5.42. The topological polar surface area (TPSA) is 66.4 Å². The van der Waals surface area contributed by atoms with Gasteiger partial charge in [-0.1, -0.05) is 45.0 Å². The van der Waals surface area contributed by atoms with Gasteiger partial charge in [0.05, 0.1) is 0 Å². The van der Waals surface area contributed by atoms with Crippen molar-refractivity contribution in [3.05, 3.63) is 41.1 Å². The molecule has 102 valence electrons. The Hall–Kier alpha value is -2.10. The first-order chi connectivity index (χ1) is 8.70. The number of hydrogen-bond donors (Lipinski definition) is 2. The van der Waals surface area contributed by atoms with Crippen LogP contribution >= 0.6 is 0 Å². The first kappa shape index (κ1) is 15.0. The van der Waals surface area contributed by atoms with Crippen LogP contribution in [0, 0.1) is 0 Å². The fraction of sp³-hybridized carbons (Fsp3) is 0.333. The third-order valence-corrected chi connectivity index (χ3v) is 2.63. The van der Waals surface area contributed by atoms with Crippen LogP contribution in [0.3, 0.4) is 0 Å². The number of carboxylic acid groups (broad SMARTS) is 1. The van der Waals surface area contributed by atoms with Gasteiger partial charge in [-0.3, -0.25) is 4.79 Å². The van der Waals surface area contributed by atoms with Gasteiger partial charge in [0.2, 0.25) is 5.91 Å². The third-order valence-electron chi connectivity index (χ3n) is 2.63. The summed E-state index contributed by atoms with van der Waals surface area (Å²) in [6, 6.07) is 7.59. The molecule has 4 heteroatoms. The van der Waals surface area contributed by atoms with E-state index in [9.17, 15) is 9.59 Å². The summed E-state index contributed by atoms with van der Waals surface area (Å²) in [6.45, 7) is 7.60. The zero-order chi connectivity index (χ0) is 14.6. The van der Waals surface area contributed by atoms with Gasteiger partial charge >= 0.3 is 5.97 Å². The highest BCUT2D eigenvalue weighted by Gasteiger charge is 2.13. The number of aliphatic carboxylic acids is 1. The lowest BCUT2D eigenvalue weighted by molar-refractivity contribution is -0.134. The molecule has 1 rings (SSSR count). The molecule has 0 aromatic heterocycles. The summed E-state index contributed by atoms with van der Waals surface area (Å²) in [5, 5.41) is 11.3. The van der Waals surface area contributed by atoms with Gasteiger partial charge in [-0.15, -0.1) is 0 Å².